The molecule has 1 aromatic rings. The molecule has 1 fully saturated rings. The molecular formula is C11H19ClN4S. The lowest BCUT2D eigenvalue weighted by molar-refractivity contribution is 0.431. The lowest BCUT2D eigenvalue weighted by Gasteiger charge is -2.22. The Hall–Kier alpha value is -0.260. The molecule has 6 heteroatoms. The zero-order chi connectivity index (χ0) is 10.8. The second-order valence-corrected chi connectivity index (χ2v) is 5.74. The number of halogens is 1. The Morgan fingerprint density at radius 1 is 1.18 bits per heavy atom. The first-order chi connectivity index (χ1) is 7.95. The standard InChI is InChI=1S/C11H18N4S.ClH/c1-4-12-5-2-9(1)11-14-13-10-3-7-16-8-6-15(10)11;/h9,12H,1-8H2;1H. The number of thioether (sulfide) groups is 1. The molecule has 1 saturated heterocycles. The van der Waals surface area contributed by atoms with Gasteiger partial charge in [-0.3, -0.25) is 0 Å². The van der Waals surface area contributed by atoms with Gasteiger partial charge < -0.3 is 9.88 Å². The van der Waals surface area contributed by atoms with E-state index in [0.29, 0.717) is 5.92 Å². The molecule has 0 spiro atoms. The summed E-state index contributed by atoms with van der Waals surface area (Å²) in [5, 5.41) is 12.2. The van der Waals surface area contributed by atoms with Crippen LogP contribution in [0.3, 0.4) is 0 Å². The van der Waals surface area contributed by atoms with E-state index in [0.717, 1.165) is 26.1 Å². The van der Waals surface area contributed by atoms with Gasteiger partial charge in [0.15, 0.2) is 0 Å². The summed E-state index contributed by atoms with van der Waals surface area (Å²) in [5.74, 6) is 5.50. The molecule has 17 heavy (non-hydrogen) atoms. The Morgan fingerprint density at radius 3 is 2.82 bits per heavy atom. The molecule has 0 bridgehead atoms. The second-order valence-electron chi connectivity index (χ2n) is 4.51. The lowest BCUT2D eigenvalue weighted by atomic mass is 9.97. The van der Waals surface area contributed by atoms with E-state index in [1.807, 2.05) is 11.8 Å². The lowest BCUT2D eigenvalue weighted by Crippen LogP contribution is -2.28. The maximum Gasteiger partial charge on any atom is 0.136 e. The van der Waals surface area contributed by atoms with Crippen molar-refractivity contribution in [3.8, 4) is 0 Å². The average Bonchev–Trinajstić information content (AvgIpc) is 2.60. The Balaban J connectivity index is 0.00000108. The van der Waals surface area contributed by atoms with E-state index < -0.39 is 0 Å². The van der Waals surface area contributed by atoms with E-state index in [9.17, 15) is 0 Å². The minimum atomic E-state index is 0. The third-order valence-corrected chi connectivity index (χ3v) is 4.45. The van der Waals surface area contributed by atoms with E-state index in [1.54, 1.807) is 0 Å². The SMILES string of the molecule is C1CC(c2nnc3n2CCSCC3)CCN1.Cl. The van der Waals surface area contributed by atoms with Gasteiger partial charge in [-0.05, 0) is 25.9 Å². The number of aryl methyl sites for hydroxylation is 1. The quantitative estimate of drug-likeness (QED) is 0.842. The Labute approximate surface area is 112 Å². The molecule has 0 aromatic carbocycles. The molecule has 0 unspecified atom stereocenters. The van der Waals surface area contributed by atoms with Gasteiger partial charge >= 0.3 is 0 Å². The molecule has 2 aliphatic heterocycles. The van der Waals surface area contributed by atoms with Crippen molar-refractivity contribution in [2.24, 2.45) is 0 Å². The van der Waals surface area contributed by atoms with Gasteiger partial charge in [-0.2, -0.15) is 11.8 Å². The van der Waals surface area contributed by atoms with Crippen molar-refractivity contribution in [2.75, 3.05) is 24.6 Å². The molecule has 0 amide bonds. The number of hydrogen-bond donors (Lipinski definition) is 1. The smallest absolute Gasteiger partial charge is 0.136 e. The van der Waals surface area contributed by atoms with Crippen LogP contribution in [-0.4, -0.2) is 39.4 Å². The summed E-state index contributed by atoms with van der Waals surface area (Å²) >= 11 is 2.03. The summed E-state index contributed by atoms with van der Waals surface area (Å²) in [4.78, 5) is 0. The highest BCUT2D eigenvalue weighted by molar-refractivity contribution is 7.99. The minimum absolute atomic E-state index is 0. The fraction of sp³-hybridized carbons (Fsp3) is 0.818. The van der Waals surface area contributed by atoms with Gasteiger partial charge in [0, 0.05) is 30.4 Å². The number of aromatic nitrogens is 3. The molecule has 96 valence electrons. The summed E-state index contributed by atoms with van der Waals surface area (Å²) in [6.07, 6.45) is 3.51. The van der Waals surface area contributed by atoms with Crippen molar-refractivity contribution >= 4 is 24.2 Å². The first-order valence-corrected chi connectivity index (χ1v) is 7.31. The van der Waals surface area contributed by atoms with Gasteiger partial charge in [0.05, 0.1) is 0 Å². The third-order valence-electron chi connectivity index (χ3n) is 3.49. The van der Waals surface area contributed by atoms with Gasteiger partial charge in [0.1, 0.15) is 11.6 Å². The first kappa shape index (κ1) is 13.2. The average molecular weight is 275 g/mol. The second kappa shape index (κ2) is 6.07. The third kappa shape index (κ3) is 2.77. The number of nitrogens with zero attached hydrogens (tertiary/aromatic N) is 3. The first-order valence-electron chi connectivity index (χ1n) is 6.15. The maximum atomic E-state index is 4.44. The number of nitrogens with one attached hydrogen (secondary N) is 1. The van der Waals surface area contributed by atoms with Gasteiger partial charge in [-0.25, -0.2) is 0 Å². The van der Waals surface area contributed by atoms with Crippen LogP contribution in [0.1, 0.15) is 30.4 Å². The zero-order valence-corrected chi connectivity index (χ0v) is 11.5. The normalized spacial score (nSPS) is 21.4. The topological polar surface area (TPSA) is 42.7 Å². The molecule has 0 saturated carbocycles. The predicted molar refractivity (Wildman–Crippen MR) is 73.1 cm³/mol. The number of piperidine rings is 1. The molecule has 1 aromatic heterocycles. The van der Waals surface area contributed by atoms with Crippen molar-refractivity contribution in [1.82, 2.24) is 20.1 Å². The summed E-state index contributed by atoms with van der Waals surface area (Å²) in [6.45, 7) is 3.36. The van der Waals surface area contributed by atoms with Crippen LogP contribution in [0, 0.1) is 0 Å². The molecule has 1 N–H and O–H groups in total. The highest BCUT2D eigenvalue weighted by atomic mass is 35.5. The van der Waals surface area contributed by atoms with Crippen LogP contribution in [0.4, 0.5) is 0 Å². The van der Waals surface area contributed by atoms with Crippen LogP contribution in [0.25, 0.3) is 0 Å². The zero-order valence-electron chi connectivity index (χ0n) is 9.89. The van der Waals surface area contributed by atoms with Crippen molar-refractivity contribution in [3.63, 3.8) is 0 Å². The summed E-state index contributed by atoms with van der Waals surface area (Å²) in [5.41, 5.74) is 0. The van der Waals surface area contributed by atoms with Crippen molar-refractivity contribution in [1.29, 1.82) is 0 Å². The van der Waals surface area contributed by atoms with Gasteiger partial charge in [-0.1, -0.05) is 0 Å². The molecule has 3 heterocycles. The van der Waals surface area contributed by atoms with Crippen LogP contribution >= 0.6 is 24.2 Å². The Bertz CT molecular complexity index is 362. The Kier molecular flexibility index (Phi) is 4.70. The van der Waals surface area contributed by atoms with E-state index >= 15 is 0 Å². The highest BCUT2D eigenvalue weighted by Crippen LogP contribution is 2.26. The number of hydrogen-bond acceptors (Lipinski definition) is 4. The van der Waals surface area contributed by atoms with Crippen molar-refractivity contribution < 1.29 is 0 Å². The van der Waals surface area contributed by atoms with Crippen LogP contribution in [0.15, 0.2) is 0 Å². The van der Waals surface area contributed by atoms with Crippen molar-refractivity contribution in [2.45, 2.75) is 31.7 Å². The minimum Gasteiger partial charge on any atom is -0.317 e. The fourth-order valence-corrected chi connectivity index (χ4v) is 3.42. The molecule has 0 aliphatic carbocycles. The predicted octanol–water partition coefficient (Wildman–Crippen LogP) is 1.46. The highest BCUT2D eigenvalue weighted by Gasteiger charge is 2.23. The van der Waals surface area contributed by atoms with E-state index in [1.165, 1.54) is 36.0 Å². The van der Waals surface area contributed by atoms with Crippen LogP contribution in [-0.2, 0) is 13.0 Å². The molecule has 2 aliphatic rings. The largest absolute Gasteiger partial charge is 0.317 e. The fourth-order valence-electron chi connectivity index (χ4n) is 2.58. The Morgan fingerprint density at radius 2 is 2.00 bits per heavy atom. The molecule has 4 nitrogen and oxygen atoms in total. The summed E-state index contributed by atoms with van der Waals surface area (Å²) in [7, 11) is 0. The van der Waals surface area contributed by atoms with Crippen LogP contribution < -0.4 is 5.32 Å². The molecule has 3 rings (SSSR count). The molecule has 0 radical (unpaired) electrons. The summed E-state index contributed by atoms with van der Waals surface area (Å²) < 4.78 is 2.38. The van der Waals surface area contributed by atoms with Gasteiger partial charge in [0.25, 0.3) is 0 Å². The van der Waals surface area contributed by atoms with E-state index in [-0.39, 0.29) is 12.4 Å². The van der Waals surface area contributed by atoms with E-state index in [2.05, 4.69) is 20.1 Å². The van der Waals surface area contributed by atoms with Gasteiger partial charge in [-0.15, -0.1) is 22.6 Å². The number of rotatable bonds is 1. The molecule has 0 atom stereocenters. The van der Waals surface area contributed by atoms with Gasteiger partial charge in [0.2, 0.25) is 0 Å². The monoisotopic (exact) mass is 274 g/mol. The molecular weight excluding hydrogens is 256 g/mol. The maximum absolute atomic E-state index is 4.44. The van der Waals surface area contributed by atoms with Crippen molar-refractivity contribution in [3.05, 3.63) is 11.6 Å². The van der Waals surface area contributed by atoms with Crippen LogP contribution in [0.5, 0.6) is 0 Å². The number of fused-ring (bicyclic) bond motifs is 1. The van der Waals surface area contributed by atoms with Crippen LogP contribution in [0.2, 0.25) is 0 Å². The summed E-state index contributed by atoms with van der Waals surface area (Å²) in [6, 6.07) is 0. The van der Waals surface area contributed by atoms with E-state index in [4.69, 9.17) is 0 Å².